The average molecular weight is 283 g/mol. The monoisotopic (exact) mass is 282 g/mol. The zero-order valence-electron chi connectivity index (χ0n) is 9.74. The van der Waals surface area contributed by atoms with Crippen molar-refractivity contribution in [2.75, 3.05) is 0 Å². The first-order valence-electron chi connectivity index (χ1n) is 5.27. The third-order valence-electron chi connectivity index (χ3n) is 2.77. The standard InChI is InChI=1S/C11H15BrN4/c1-8-11(12)9(2)16(14-8)7-6-15-5-4-13-10(15)3/h4-5H,6-7H2,1-3H3. The predicted octanol–water partition coefficient (Wildman–Crippen LogP) is 2.47. The minimum atomic E-state index is 0.871. The molecule has 0 saturated carbocycles. The summed E-state index contributed by atoms with van der Waals surface area (Å²) in [5.74, 6) is 1.04. The number of hydrogen-bond donors (Lipinski definition) is 0. The smallest absolute Gasteiger partial charge is 0.105 e. The van der Waals surface area contributed by atoms with Crippen LogP contribution in [-0.2, 0) is 13.1 Å². The van der Waals surface area contributed by atoms with Crippen LogP contribution in [0, 0.1) is 20.8 Å². The summed E-state index contributed by atoms with van der Waals surface area (Å²) < 4.78 is 5.26. The molecule has 5 heteroatoms. The Labute approximate surface area is 103 Å². The van der Waals surface area contributed by atoms with Crippen LogP contribution in [0.15, 0.2) is 16.9 Å². The molecule has 2 aromatic heterocycles. The number of rotatable bonds is 3. The maximum Gasteiger partial charge on any atom is 0.105 e. The minimum absolute atomic E-state index is 0.871. The molecule has 2 rings (SSSR count). The van der Waals surface area contributed by atoms with Gasteiger partial charge in [-0.25, -0.2) is 4.98 Å². The van der Waals surface area contributed by atoms with E-state index >= 15 is 0 Å². The van der Waals surface area contributed by atoms with Crippen LogP contribution in [0.3, 0.4) is 0 Å². The van der Waals surface area contributed by atoms with Gasteiger partial charge >= 0.3 is 0 Å². The maximum absolute atomic E-state index is 4.47. The number of aryl methyl sites for hydroxylation is 4. The van der Waals surface area contributed by atoms with Gasteiger partial charge in [0.05, 0.1) is 16.7 Å². The molecule has 0 unspecified atom stereocenters. The van der Waals surface area contributed by atoms with Gasteiger partial charge in [-0.2, -0.15) is 5.10 Å². The number of halogens is 1. The van der Waals surface area contributed by atoms with Crippen molar-refractivity contribution in [3.8, 4) is 0 Å². The average Bonchev–Trinajstić information content (AvgIpc) is 2.76. The summed E-state index contributed by atoms with van der Waals surface area (Å²) in [6, 6.07) is 0. The second-order valence-corrected chi connectivity index (χ2v) is 4.67. The van der Waals surface area contributed by atoms with E-state index < -0.39 is 0 Å². The van der Waals surface area contributed by atoms with Crippen LogP contribution in [0.4, 0.5) is 0 Å². The first kappa shape index (κ1) is 11.4. The van der Waals surface area contributed by atoms with Crippen LogP contribution in [0.5, 0.6) is 0 Å². The number of nitrogens with zero attached hydrogens (tertiary/aromatic N) is 4. The highest BCUT2D eigenvalue weighted by atomic mass is 79.9. The Morgan fingerprint density at radius 1 is 1.25 bits per heavy atom. The molecule has 0 saturated heterocycles. The molecule has 2 heterocycles. The van der Waals surface area contributed by atoms with Crippen molar-refractivity contribution in [3.05, 3.63) is 34.1 Å². The zero-order chi connectivity index (χ0) is 11.7. The summed E-state index contributed by atoms with van der Waals surface area (Å²) in [5, 5.41) is 4.47. The van der Waals surface area contributed by atoms with Gasteiger partial charge in [0.1, 0.15) is 5.82 Å². The Morgan fingerprint density at radius 3 is 2.50 bits per heavy atom. The normalized spacial score (nSPS) is 11.0. The van der Waals surface area contributed by atoms with Crippen LogP contribution in [0.25, 0.3) is 0 Å². The lowest BCUT2D eigenvalue weighted by molar-refractivity contribution is 0.514. The molecule has 0 aromatic carbocycles. The molecule has 86 valence electrons. The molecule has 0 amide bonds. The molecule has 0 aliphatic carbocycles. The third kappa shape index (κ3) is 2.04. The van der Waals surface area contributed by atoms with E-state index in [1.54, 1.807) is 0 Å². The number of imidazole rings is 1. The van der Waals surface area contributed by atoms with Crippen molar-refractivity contribution < 1.29 is 0 Å². The van der Waals surface area contributed by atoms with Crippen molar-refractivity contribution in [1.29, 1.82) is 0 Å². The molecular weight excluding hydrogens is 268 g/mol. The summed E-state index contributed by atoms with van der Waals surface area (Å²) in [6.45, 7) is 7.87. The van der Waals surface area contributed by atoms with Crippen molar-refractivity contribution in [2.24, 2.45) is 0 Å². The van der Waals surface area contributed by atoms with Crippen LogP contribution < -0.4 is 0 Å². The molecule has 0 fully saturated rings. The van der Waals surface area contributed by atoms with Gasteiger partial charge in [-0.3, -0.25) is 4.68 Å². The zero-order valence-corrected chi connectivity index (χ0v) is 11.3. The van der Waals surface area contributed by atoms with Gasteiger partial charge in [0.15, 0.2) is 0 Å². The molecule has 0 bridgehead atoms. The van der Waals surface area contributed by atoms with Crippen LogP contribution in [-0.4, -0.2) is 19.3 Å². The Morgan fingerprint density at radius 2 is 2.00 bits per heavy atom. The summed E-state index contributed by atoms with van der Waals surface area (Å²) in [5.41, 5.74) is 2.22. The van der Waals surface area contributed by atoms with E-state index in [2.05, 4.69) is 37.5 Å². The highest BCUT2D eigenvalue weighted by Gasteiger charge is 2.08. The van der Waals surface area contributed by atoms with Gasteiger partial charge in [-0.05, 0) is 36.7 Å². The molecule has 16 heavy (non-hydrogen) atoms. The fraction of sp³-hybridized carbons (Fsp3) is 0.455. The molecule has 0 spiro atoms. The summed E-state index contributed by atoms with van der Waals surface area (Å²) >= 11 is 3.53. The molecule has 0 aliphatic heterocycles. The lowest BCUT2D eigenvalue weighted by Crippen LogP contribution is -2.10. The molecule has 0 atom stereocenters. The Hall–Kier alpha value is -1.10. The second-order valence-electron chi connectivity index (χ2n) is 3.88. The lowest BCUT2D eigenvalue weighted by atomic mass is 10.4. The van der Waals surface area contributed by atoms with E-state index in [1.807, 2.05) is 30.9 Å². The first-order valence-corrected chi connectivity index (χ1v) is 6.06. The highest BCUT2D eigenvalue weighted by molar-refractivity contribution is 9.10. The summed E-state index contributed by atoms with van der Waals surface area (Å²) in [7, 11) is 0. The van der Waals surface area contributed by atoms with Crippen LogP contribution in [0.1, 0.15) is 17.2 Å². The quantitative estimate of drug-likeness (QED) is 0.867. The van der Waals surface area contributed by atoms with Crippen molar-refractivity contribution in [1.82, 2.24) is 19.3 Å². The molecule has 0 radical (unpaired) electrons. The van der Waals surface area contributed by atoms with Gasteiger partial charge < -0.3 is 4.57 Å². The topological polar surface area (TPSA) is 35.6 Å². The molecular formula is C11H15BrN4. The fourth-order valence-electron chi connectivity index (χ4n) is 1.74. The van der Waals surface area contributed by atoms with E-state index in [4.69, 9.17) is 0 Å². The van der Waals surface area contributed by atoms with Crippen molar-refractivity contribution in [3.63, 3.8) is 0 Å². The maximum atomic E-state index is 4.47. The van der Waals surface area contributed by atoms with Crippen molar-refractivity contribution >= 4 is 15.9 Å². The first-order chi connectivity index (χ1) is 7.59. The summed E-state index contributed by atoms with van der Waals surface area (Å²) in [6.07, 6.45) is 3.82. The van der Waals surface area contributed by atoms with Gasteiger partial charge in [-0.1, -0.05) is 0 Å². The van der Waals surface area contributed by atoms with Crippen molar-refractivity contribution in [2.45, 2.75) is 33.9 Å². The van der Waals surface area contributed by atoms with Gasteiger partial charge in [0.2, 0.25) is 0 Å². The van der Waals surface area contributed by atoms with E-state index in [0.717, 1.165) is 29.1 Å². The Bertz CT molecular complexity index is 498. The summed E-state index contributed by atoms with van der Waals surface area (Å²) in [4.78, 5) is 4.20. The largest absolute Gasteiger partial charge is 0.333 e. The number of aromatic nitrogens is 4. The molecule has 2 aromatic rings. The van der Waals surface area contributed by atoms with E-state index in [1.165, 1.54) is 5.69 Å². The lowest BCUT2D eigenvalue weighted by Gasteiger charge is -2.06. The van der Waals surface area contributed by atoms with Gasteiger partial charge in [-0.15, -0.1) is 0 Å². The fourth-order valence-corrected chi connectivity index (χ4v) is 2.02. The molecule has 4 nitrogen and oxygen atoms in total. The second kappa shape index (κ2) is 4.41. The third-order valence-corrected chi connectivity index (χ3v) is 3.92. The van der Waals surface area contributed by atoms with E-state index in [0.29, 0.717) is 0 Å². The van der Waals surface area contributed by atoms with Gasteiger partial charge in [0.25, 0.3) is 0 Å². The number of hydrogen-bond acceptors (Lipinski definition) is 2. The van der Waals surface area contributed by atoms with E-state index in [-0.39, 0.29) is 0 Å². The minimum Gasteiger partial charge on any atom is -0.333 e. The Kier molecular flexibility index (Phi) is 3.14. The molecule has 0 N–H and O–H groups in total. The van der Waals surface area contributed by atoms with Crippen LogP contribution in [0.2, 0.25) is 0 Å². The highest BCUT2D eigenvalue weighted by Crippen LogP contribution is 2.19. The van der Waals surface area contributed by atoms with Gasteiger partial charge in [0, 0.05) is 24.6 Å². The van der Waals surface area contributed by atoms with Crippen LogP contribution >= 0.6 is 15.9 Å². The predicted molar refractivity (Wildman–Crippen MR) is 66.4 cm³/mol. The van der Waals surface area contributed by atoms with E-state index in [9.17, 15) is 0 Å². The molecule has 0 aliphatic rings. The Balaban J connectivity index is 2.11. The SMILES string of the molecule is Cc1nn(CCn2ccnc2C)c(C)c1Br.